The van der Waals surface area contributed by atoms with Gasteiger partial charge in [-0.25, -0.2) is 4.98 Å². The van der Waals surface area contributed by atoms with Crippen LogP contribution in [0, 0.1) is 5.92 Å². The Balaban J connectivity index is 1.75. The van der Waals surface area contributed by atoms with Gasteiger partial charge in [-0.3, -0.25) is 4.79 Å². The Kier molecular flexibility index (Phi) is 3.86. The highest BCUT2D eigenvalue weighted by Gasteiger charge is 2.20. The molecule has 0 saturated heterocycles. The standard InChI is InChI=1S/C17H17NO3/c1-12(19)21-16-4-2-3-14-11-13(5-7-15(14)16)6-8-17-18-9-10-20-17/h2-4,6,8-10,13H,5,7,11H2,1H3. The molecule has 1 aromatic heterocycles. The molecule has 1 heterocycles. The van der Waals surface area contributed by atoms with Gasteiger partial charge in [0.2, 0.25) is 5.89 Å². The van der Waals surface area contributed by atoms with E-state index in [1.54, 1.807) is 12.5 Å². The number of esters is 1. The summed E-state index contributed by atoms with van der Waals surface area (Å²) in [5.41, 5.74) is 2.41. The summed E-state index contributed by atoms with van der Waals surface area (Å²) in [6, 6.07) is 5.91. The molecule has 0 aliphatic heterocycles. The van der Waals surface area contributed by atoms with Gasteiger partial charge in [0, 0.05) is 6.92 Å². The number of hydrogen-bond donors (Lipinski definition) is 0. The Labute approximate surface area is 123 Å². The summed E-state index contributed by atoms with van der Waals surface area (Å²) in [4.78, 5) is 15.2. The van der Waals surface area contributed by atoms with E-state index in [9.17, 15) is 4.79 Å². The molecule has 0 spiro atoms. The maximum Gasteiger partial charge on any atom is 0.308 e. The fourth-order valence-electron chi connectivity index (χ4n) is 2.75. The van der Waals surface area contributed by atoms with E-state index in [0.717, 1.165) is 24.8 Å². The lowest BCUT2D eigenvalue weighted by Crippen LogP contribution is -2.14. The van der Waals surface area contributed by atoms with Crippen molar-refractivity contribution in [2.24, 2.45) is 5.92 Å². The Morgan fingerprint density at radius 3 is 3.14 bits per heavy atom. The number of nitrogens with zero attached hydrogens (tertiary/aromatic N) is 1. The molecule has 2 aromatic rings. The minimum Gasteiger partial charge on any atom is -0.445 e. The monoisotopic (exact) mass is 283 g/mol. The van der Waals surface area contributed by atoms with Crippen LogP contribution in [-0.4, -0.2) is 11.0 Å². The molecule has 1 aliphatic rings. The van der Waals surface area contributed by atoms with E-state index < -0.39 is 0 Å². The van der Waals surface area contributed by atoms with Gasteiger partial charge >= 0.3 is 5.97 Å². The van der Waals surface area contributed by atoms with E-state index >= 15 is 0 Å². The highest BCUT2D eigenvalue weighted by Crippen LogP contribution is 2.33. The SMILES string of the molecule is CC(=O)Oc1cccc2c1CCC(C=Cc1ncco1)C2. The first-order chi connectivity index (χ1) is 10.2. The summed E-state index contributed by atoms with van der Waals surface area (Å²) in [5, 5.41) is 0. The largest absolute Gasteiger partial charge is 0.445 e. The minimum absolute atomic E-state index is 0.269. The minimum atomic E-state index is -0.269. The molecule has 1 unspecified atom stereocenters. The predicted octanol–water partition coefficient (Wildman–Crippen LogP) is 3.42. The van der Waals surface area contributed by atoms with E-state index in [0.29, 0.717) is 17.6 Å². The molecule has 1 aromatic carbocycles. The fraction of sp³-hybridized carbons (Fsp3) is 0.294. The smallest absolute Gasteiger partial charge is 0.308 e. The van der Waals surface area contributed by atoms with Gasteiger partial charge < -0.3 is 9.15 Å². The van der Waals surface area contributed by atoms with Crippen LogP contribution in [0.3, 0.4) is 0 Å². The molecule has 0 radical (unpaired) electrons. The van der Waals surface area contributed by atoms with Gasteiger partial charge in [0.05, 0.1) is 6.20 Å². The molecule has 0 fully saturated rings. The summed E-state index contributed by atoms with van der Waals surface area (Å²) in [7, 11) is 0. The van der Waals surface area contributed by atoms with Crippen LogP contribution in [0.15, 0.2) is 41.2 Å². The lowest BCUT2D eigenvalue weighted by molar-refractivity contribution is -0.131. The average molecular weight is 283 g/mol. The molecule has 3 rings (SSSR count). The van der Waals surface area contributed by atoms with Crippen molar-refractivity contribution in [3.05, 3.63) is 53.8 Å². The van der Waals surface area contributed by atoms with Crippen LogP contribution in [0.1, 0.15) is 30.4 Å². The van der Waals surface area contributed by atoms with Gasteiger partial charge in [-0.1, -0.05) is 18.2 Å². The van der Waals surface area contributed by atoms with Crippen molar-refractivity contribution in [2.45, 2.75) is 26.2 Å². The highest BCUT2D eigenvalue weighted by atomic mass is 16.5. The lowest BCUT2D eigenvalue weighted by Gasteiger charge is -2.23. The Hall–Kier alpha value is -2.36. The number of rotatable bonds is 3. The van der Waals surface area contributed by atoms with E-state index in [2.05, 4.69) is 17.1 Å². The quantitative estimate of drug-likeness (QED) is 0.640. The molecule has 21 heavy (non-hydrogen) atoms. The fourth-order valence-corrected chi connectivity index (χ4v) is 2.75. The number of hydrogen-bond acceptors (Lipinski definition) is 4. The summed E-state index contributed by atoms with van der Waals surface area (Å²) >= 11 is 0. The zero-order valence-corrected chi connectivity index (χ0v) is 11.9. The number of allylic oxidation sites excluding steroid dienone is 1. The topological polar surface area (TPSA) is 52.3 Å². The second kappa shape index (κ2) is 5.95. The van der Waals surface area contributed by atoms with Crippen LogP contribution in [0.4, 0.5) is 0 Å². The van der Waals surface area contributed by atoms with Crippen molar-refractivity contribution in [3.8, 4) is 5.75 Å². The number of carbonyl (C=O) groups excluding carboxylic acids is 1. The summed E-state index contributed by atoms with van der Waals surface area (Å²) < 4.78 is 10.5. The third-order valence-corrected chi connectivity index (χ3v) is 3.69. The first-order valence-electron chi connectivity index (χ1n) is 7.09. The number of fused-ring (bicyclic) bond motifs is 1. The second-order valence-corrected chi connectivity index (χ2v) is 5.22. The number of aromatic nitrogens is 1. The molecule has 108 valence electrons. The van der Waals surface area contributed by atoms with E-state index in [-0.39, 0.29) is 5.97 Å². The summed E-state index contributed by atoms with van der Waals surface area (Å²) in [6.07, 6.45) is 10.2. The molecule has 4 nitrogen and oxygen atoms in total. The first kappa shape index (κ1) is 13.6. The van der Waals surface area contributed by atoms with Gasteiger partial charge in [0.1, 0.15) is 12.0 Å². The Morgan fingerprint density at radius 1 is 1.48 bits per heavy atom. The van der Waals surface area contributed by atoms with Crippen LogP contribution in [0.2, 0.25) is 0 Å². The van der Waals surface area contributed by atoms with Crippen LogP contribution in [-0.2, 0) is 17.6 Å². The number of oxazole rings is 1. The summed E-state index contributed by atoms with van der Waals surface area (Å²) in [6.45, 7) is 1.43. The van der Waals surface area contributed by atoms with Gasteiger partial charge in [0.15, 0.2) is 0 Å². The third kappa shape index (κ3) is 3.21. The van der Waals surface area contributed by atoms with Crippen molar-refractivity contribution in [2.75, 3.05) is 0 Å². The van der Waals surface area contributed by atoms with E-state index in [1.807, 2.05) is 18.2 Å². The molecule has 0 saturated carbocycles. The van der Waals surface area contributed by atoms with Crippen LogP contribution in [0.5, 0.6) is 5.75 Å². The molecular formula is C17H17NO3. The van der Waals surface area contributed by atoms with Crippen molar-refractivity contribution >= 4 is 12.0 Å². The predicted molar refractivity (Wildman–Crippen MR) is 78.8 cm³/mol. The molecule has 0 bridgehead atoms. The van der Waals surface area contributed by atoms with Gasteiger partial charge in [-0.05, 0) is 48.4 Å². The van der Waals surface area contributed by atoms with Gasteiger partial charge in [-0.2, -0.15) is 0 Å². The average Bonchev–Trinajstić information content (AvgIpc) is 2.98. The maximum absolute atomic E-state index is 11.1. The van der Waals surface area contributed by atoms with Crippen molar-refractivity contribution in [1.29, 1.82) is 0 Å². The lowest BCUT2D eigenvalue weighted by atomic mass is 9.83. The second-order valence-electron chi connectivity index (χ2n) is 5.22. The van der Waals surface area contributed by atoms with E-state index in [1.165, 1.54) is 12.5 Å². The molecular weight excluding hydrogens is 266 g/mol. The highest BCUT2D eigenvalue weighted by molar-refractivity contribution is 5.70. The van der Waals surface area contributed by atoms with Gasteiger partial charge in [0.25, 0.3) is 0 Å². The number of carbonyl (C=O) groups is 1. The van der Waals surface area contributed by atoms with Gasteiger partial charge in [-0.15, -0.1) is 0 Å². The van der Waals surface area contributed by atoms with Crippen molar-refractivity contribution in [3.63, 3.8) is 0 Å². The summed E-state index contributed by atoms with van der Waals surface area (Å²) in [5.74, 6) is 1.52. The normalized spacial score (nSPS) is 17.7. The van der Waals surface area contributed by atoms with Crippen LogP contribution >= 0.6 is 0 Å². The zero-order chi connectivity index (χ0) is 14.7. The number of benzene rings is 1. The number of ether oxygens (including phenoxy) is 1. The van der Waals surface area contributed by atoms with E-state index in [4.69, 9.17) is 9.15 Å². The third-order valence-electron chi connectivity index (χ3n) is 3.69. The molecule has 1 atom stereocenters. The molecule has 0 amide bonds. The van der Waals surface area contributed by atoms with Crippen LogP contribution < -0.4 is 4.74 Å². The van der Waals surface area contributed by atoms with Crippen molar-refractivity contribution < 1.29 is 13.9 Å². The Morgan fingerprint density at radius 2 is 2.38 bits per heavy atom. The first-order valence-corrected chi connectivity index (χ1v) is 7.09. The molecule has 1 aliphatic carbocycles. The van der Waals surface area contributed by atoms with Crippen LogP contribution in [0.25, 0.3) is 6.08 Å². The molecule has 4 heteroatoms. The molecule has 0 N–H and O–H groups in total. The van der Waals surface area contributed by atoms with Crippen molar-refractivity contribution in [1.82, 2.24) is 4.98 Å². The Bertz CT molecular complexity index is 659. The zero-order valence-electron chi connectivity index (χ0n) is 11.9. The maximum atomic E-state index is 11.1.